The largest absolute Gasteiger partial charge is 0.497 e. The van der Waals surface area contributed by atoms with Crippen molar-refractivity contribution in [2.24, 2.45) is 11.7 Å². The first-order chi connectivity index (χ1) is 18.2. The van der Waals surface area contributed by atoms with Gasteiger partial charge in [-0.05, 0) is 55.3 Å². The Morgan fingerprint density at radius 1 is 1.13 bits per heavy atom. The normalized spacial score (nSPS) is 22.3. The van der Waals surface area contributed by atoms with Crippen molar-refractivity contribution in [1.29, 1.82) is 0 Å². The van der Waals surface area contributed by atoms with E-state index in [1.54, 1.807) is 19.2 Å². The number of amides is 1. The molecule has 4 atom stereocenters. The first-order valence-corrected chi connectivity index (χ1v) is 13.7. The van der Waals surface area contributed by atoms with E-state index in [0.717, 1.165) is 24.5 Å². The number of non-ortho nitro benzene ring substituents is 1. The number of benzene rings is 2. The number of nitro benzene ring substituents is 1. The number of rotatable bonds is 10. The van der Waals surface area contributed by atoms with Crippen LogP contribution in [0.4, 0.5) is 5.69 Å². The summed E-state index contributed by atoms with van der Waals surface area (Å²) in [6.45, 7) is 1.84. The van der Waals surface area contributed by atoms with Gasteiger partial charge >= 0.3 is 5.97 Å². The molecule has 2 fully saturated rings. The third-order valence-corrected chi connectivity index (χ3v) is 8.60. The first kappa shape index (κ1) is 27.9. The minimum Gasteiger partial charge on any atom is -0.497 e. The smallest absolute Gasteiger partial charge is 0.323 e. The summed E-state index contributed by atoms with van der Waals surface area (Å²) >= 11 is 1.87. The van der Waals surface area contributed by atoms with Crippen LogP contribution in [0.2, 0.25) is 0 Å². The lowest BCUT2D eigenvalue weighted by Gasteiger charge is -2.25. The molecule has 0 aliphatic carbocycles. The van der Waals surface area contributed by atoms with E-state index in [2.05, 4.69) is 17.0 Å². The van der Waals surface area contributed by atoms with Crippen molar-refractivity contribution >= 4 is 29.3 Å². The number of nitro groups is 1. The average Bonchev–Trinajstić information content (AvgIpc) is 3.57. The Morgan fingerprint density at radius 2 is 1.82 bits per heavy atom. The molecule has 0 radical (unpaired) electrons. The molecular weight excluding hydrogens is 508 g/mol. The minimum atomic E-state index is -0.833. The summed E-state index contributed by atoms with van der Waals surface area (Å²) in [6, 6.07) is 12.9. The number of ether oxygens (including phenoxy) is 2. The number of esters is 1. The van der Waals surface area contributed by atoms with Crippen molar-refractivity contribution in [3.63, 3.8) is 0 Å². The Hall–Kier alpha value is -3.15. The fraction of sp³-hybridized carbons (Fsp3) is 0.481. The van der Waals surface area contributed by atoms with Crippen molar-refractivity contribution in [3.05, 3.63) is 69.8 Å². The van der Waals surface area contributed by atoms with Crippen LogP contribution in [0.25, 0.3) is 0 Å². The van der Waals surface area contributed by atoms with Gasteiger partial charge in [-0.25, -0.2) is 0 Å². The summed E-state index contributed by atoms with van der Waals surface area (Å²) in [5.41, 5.74) is 8.05. The fourth-order valence-electron chi connectivity index (χ4n) is 4.95. The van der Waals surface area contributed by atoms with E-state index < -0.39 is 16.9 Å². The van der Waals surface area contributed by atoms with Crippen LogP contribution < -0.4 is 10.5 Å². The maximum atomic E-state index is 13.3. The molecule has 0 spiro atoms. The van der Waals surface area contributed by atoms with Crippen molar-refractivity contribution < 1.29 is 24.0 Å². The number of nitrogens with two attached hydrogens (primary N) is 1. The Bertz CT molecular complexity index is 1130. The van der Waals surface area contributed by atoms with Gasteiger partial charge in [0, 0.05) is 48.7 Å². The molecule has 4 rings (SSSR count). The van der Waals surface area contributed by atoms with Crippen LogP contribution in [-0.2, 0) is 26.7 Å². The number of likely N-dealkylation sites (tertiary alicyclic amines) is 2. The van der Waals surface area contributed by atoms with Crippen molar-refractivity contribution in [3.8, 4) is 5.75 Å². The molecule has 38 heavy (non-hydrogen) atoms. The van der Waals surface area contributed by atoms with Gasteiger partial charge in [0.1, 0.15) is 18.4 Å². The van der Waals surface area contributed by atoms with E-state index in [9.17, 15) is 19.7 Å². The van der Waals surface area contributed by atoms with Gasteiger partial charge in [0.05, 0.1) is 18.1 Å². The second-order valence-corrected chi connectivity index (χ2v) is 11.2. The number of hydrogen-bond acceptors (Lipinski definition) is 9. The van der Waals surface area contributed by atoms with E-state index >= 15 is 0 Å². The number of hydrogen-bond donors (Lipinski definition) is 1. The van der Waals surface area contributed by atoms with Gasteiger partial charge in [-0.15, -0.1) is 0 Å². The molecule has 0 aromatic heterocycles. The van der Waals surface area contributed by atoms with E-state index in [4.69, 9.17) is 15.2 Å². The Labute approximate surface area is 226 Å². The predicted octanol–water partition coefficient (Wildman–Crippen LogP) is 2.83. The maximum Gasteiger partial charge on any atom is 0.323 e. The summed E-state index contributed by atoms with van der Waals surface area (Å²) < 4.78 is 10.6. The fourth-order valence-corrected chi connectivity index (χ4v) is 6.23. The second kappa shape index (κ2) is 12.6. The third-order valence-electron chi connectivity index (χ3n) is 7.28. The molecule has 11 heteroatoms. The number of carbonyl (C=O) groups is 2. The highest BCUT2D eigenvalue weighted by molar-refractivity contribution is 7.99. The average molecular weight is 543 g/mol. The number of likely N-dealkylation sites (N-methyl/N-ethyl adjacent to an activating group) is 1. The molecule has 0 saturated carbocycles. The maximum absolute atomic E-state index is 13.3. The SMILES string of the molecule is COc1ccc(CS[C@H]2C[C@@H](C(=O)N3CC[C@@H](C(N)C(=O)OCc4ccc([N+](=O)[O-])cc4)C3)N(C)C2)cc1. The molecule has 0 bridgehead atoms. The number of methoxy groups -OCH3 is 1. The quantitative estimate of drug-likeness (QED) is 0.274. The van der Waals surface area contributed by atoms with Gasteiger partial charge in [0.25, 0.3) is 5.69 Å². The lowest BCUT2D eigenvalue weighted by atomic mass is 10.00. The monoisotopic (exact) mass is 542 g/mol. The third kappa shape index (κ3) is 6.83. The van der Waals surface area contributed by atoms with Crippen molar-refractivity contribution in [2.45, 2.75) is 42.5 Å². The summed E-state index contributed by atoms with van der Waals surface area (Å²) in [5.74, 6) is 1.11. The molecule has 1 unspecified atom stereocenters. The van der Waals surface area contributed by atoms with Crippen LogP contribution in [0.15, 0.2) is 48.5 Å². The molecule has 2 aliphatic heterocycles. The van der Waals surface area contributed by atoms with E-state index in [1.807, 2.05) is 35.8 Å². The minimum absolute atomic E-state index is 0.0116. The van der Waals surface area contributed by atoms with Crippen LogP contribution in [0.1, 0.15) is 24.0 Å². The summed E-state index contributed by atoms with van der Waals surface area (Å²) in [6.07, 6.45) is 1.44. The molecule has 1 amide bonds. The van der Waals surface area contributed by atoms with E-state index in [-0.39, 0.29) is 30.2 Å². The van der Waals surface area contributed by atoms with E-state index in [1.165, 1.54) is 17.7 Å². The Balaban J connectivity index is 1.22. The molecule has 204 valence electrons. The molecule has 10 nitrogen and oxygen atoms in total. The van der Waals surface area contributed by atoms with Gasteiger partial charge in [0.15, 0.2) is 0 Å². The zero-order chi connectivity index (χ0) is 27.2. The highest BCUT2D eigenvalue weighted by atomic mass is 32.2. The zero-order valence-corrected chi connectivity index (χ0v) is 22.5. The topological polar surface area (TPSA) is 128 Å². The molecule has 2 N–H and O–H groups in total. The highest BCUT2D eigenvalue weighted by Crippen LogP contribution is 2.31. The molecule has 2 aromatic carbocycles. The van der Waals surface area contributed by atoms with Crippen molar-refractivity contribution in [2.75, 3.05) is 33.8 Å². The number of carbonyl (C=O) groups excluding carboxylic acids is 2. The van der Waals surface area contributed by atoms with Crippen LogP contribution in [0.5, 0.6) is 5.75 Å². The van der Waals surface area contributed by atoms with Crippen LogP contribution >= 0.6 is 11.8 Å². The molecule has 2 aliphatic rings. The number of nitrogens with zero attached hydrogens (tertiary/aromatic N) is 3. The standard InChI is InChI=1S/C27H34N4O6S/c1-29-15-23(38-17-19-5-9-22(36-2)10-6-19)13-24(29)26(32)30-12-11-20(14-30)25(28)27(33)37-16-18-3-7-21(8-4-18)31(34)35/h3-10,20,23-25H,11-17,28H2,1-2H3/t20-,23+,24+,25?/m1/s1. The molecular formula is C27H34N4O6S. The predicted molar refractivity (Wildman–Crippen MR) is 145 cm³/mol. The van der Waals surface area contributed by atoms with Crippen LogP contribution in [0, 0.1) is 16.0 Å². The van der Waals surface area contributed by atoms with Gasteiger partial charge in [-0.3, -0.25) is 24.6 Å². The van der Waals surface area contributed by atoms with Gasteiger partial charge in [-0.1, -0.05) is 12.1 Å². The lowest BCUT2D eigenvalue weighted by molar-refractivity contribution is -0.384. The molecule has 2 aromatic rings. The summed E-state index contributed by atoms with van der Waals surface area (Å²) in [4.78, 5) is 40.1. The molecule has 2 saturated heterocycles. The summed E-state index contributed by atoms with van der Waals surface area (Å²) in [7, 11) is 3.65. The Morgan fingerprint density at radius 3 is 2.47 bits per heavy atom. The van der Waals surface area contributed by atoms with Crippen molar-refractivity contribution in [1.82, 2.24) is 9.80 Å². The van der Waals surface area contributed by atoms with Gasteiger partial charge in [-0.2, -0.15) is 11.8 Å². The van der Waals surface area contributed by atoms with E-state index in [0.29, 0.717) is 30.3 Å². The van der Waals surface area contributed by atoms with Crippen LogP contribution in [-0.4, -0.2) is 77.7 Å². The second-order valence-electron chi connectivity index (χ2n) is 9.86. The molecule has 2 heterocycles. The lowest BCUT2D eigenvalue weighted by Crippen LogP contribution is -2.45. The highest BCUT2D eigenvalue weighted by Gasteiger charge is 2.41. The number of thioether (sulfide) groups is 1. The first-order valence-electron chi connectivity index (χ1n) is 12.6. The Kier molecular flexibility index (Phi) is 9.24. The zero-order valence-electron chi connectivity index (χ0n) is 21.7. The van der Waals surface area contributed by atoms with Gasteiger partial charge < -0.3 is 20.1 Å². The summed E-state index contributed by atoms with van der Waals surface area (Å²) in [5, 5.41) is 11.1. The van der Waals surface area contributed by atoms with Gasteiger partial charge in [0.2, 0.25) is 5.91 Å². The van der Waals surface area contributed by atoms with Crippen LogP contribution in [0.3, 0.4) is 0 Å².